The minimum absolute atomic E-state index is 0.0202. The van der Waals surface area contributed by atoms with E-state index in [0.717, 1.165) is 5.06 Å². The van der Waals surface area contributed by atoms with E-state index in [1.807, 2.05) is 0 Å². The van der Waals surface area contributed by atoms with Crippen LogP contribution in [-0.4, -0.2) is 70.3 Å². The summed E-state index contributed by atoms with van der Waals surface area (Å²) in [5.74, 6) is -4.76. The van der Waals surface area contributed by atoms with E-state index in [1.165, 1.54) is 0 Å². The molecule has 1 fully saturated rings. The molecular weight excluding hydrogens is 436 g/mol. The van der Waals surface area contributed by atoms with Crippen LogP contribution in [0.15, 0.2) is 30.3 Å². The van der Waals surface area contributed by atoms with Gasteiger partial charge in [-0.05, 0) is 26.3 Å². The Labute approximate surface area is 190 Å². The van der Waals surface area contributed by atoms with Crippen molar-refractivity contribution in [1.29, 1.82) is 0 Å². The molecule has 0 bridgehead atoms. The van der Waals surface area contributed by atoms with Crippen LogP contribution in [0, 0.1) is 0 Å². The Morgan fingerprint density at radius 1 is 1.18 bits per heavy atom. The van der Waals surface area contributed by atoms with Gasteiger partial charge in [-0.2, -0.15) is 5.06 Å². The molecule has 1 saturated heterocycles. The molecule has 0 spiro atoms. The summed E-state index contributed by atoms with van der Waals surface area (Å²) in [6, 6.07) is 6.42. The number of amides is 3. The Kier molecular flexibility index (Phi) is 8.49. The lowest BCUT2D eigenvalue weighted by Crippen LogP contribution is -2.58. The topological polar surface area (TPSA) is 177 Å². The van der Waals surface area contributed by atoms with Gasteiger partial charge in [0.25, 0.3) is 5.78 Å². The fourth-order valence-electron chi connectivity index (χ4n) is 2.97. The van der Waals surface area contributed by atoms with Crippen LogP contribution in [0.25, 0.3) is 0 Å². The van der Waals surface area contributed by atoms with Crippen molar-refractivity contribution in [3.63, 3.8) is 0 Å². The first-order chi connectivity index (χ1) is 15.4. The van der Waals surface area contributed by atoms with Crippen molar-refractivity contribution in [2.45, 2.75) is 57.5 Å². The molecule has 2 rings (SSSR count). The van der Waals surface area contributed by atoms with E-state index in [0.29, 0.717) is 5.56 Å². The number of carboxylic acids is 1. The molecule has 1 heterocycles. The number of nitrogens with zero attached hydrogens (tertiary/aromatic N) is 1. The number of carbonyl (C=O) groups excluding carboxylic acids is 4. The highest BCUT2D eigenvalue weighted by Gasteiger charge is 2.40. The summed E-state index contributed by atoms with van der Waals surface area (Å²) in [5.41, 5.74) is 5.33. The van der Waals surface area contributed by atoms with Gasteiger partial charge in [0.1, 0.15) is 23.9 Å². The third-order valence-corrected chi connectivity index (χ3v) is 4.49. The molecule has 0 aliphatic carbocycles. The van der Waals surface area contributed by atoms with Crippen LogP contribution >= 0.6 is 0 Å². The molecule has 1 aliphatic rings. The molecule has 1 aromatic rings. The smallest absolute Gasteiger partial charge is 0.435 e. The highest BCUT2D eigenvalue weighted by atomic mass is 16.7. The van der Waals surface area contributed by atoms with E-state index < -0.39 is 53.5 Å². The molecule has 1 aromatic carbocycles. The number of hydrogen-bond acceptors (Lipinski definition) is 8. The number of hydroxylamine groups is 2. The van der Waals surface area contributed by atoms with Crippen molar-refractivity contribution in [2.24, 2.45) is 5.73 Å². The maximum absolute atomic E-state index is 12.9. The average Bonchev–Trinajstić information content (AvgIpc) is 3.22. The number of hydrogen-bond donors (Lipinski definition) is 4. The second-order valence-electron chi connectivity index (χ2n) is 8.35. The predicted molar refractivity (Wildman–Crippen MR) is 113 cm³/mol. The first-order valence-corrected chi connectivity index (χ1v) is 10.2. The van der Waals surface area contributed by atoms with E-state index >= 15 is 0 Å². The molecule has 0 radical (unpaired) electrons. The lowest BCUT2D eigenvalue weighted by molar-refractivity contribution is -0.151. The molecule has 180 valence electrons. The van der Waals surface area contributed by atoms with Gasteiger partial charge in [0, 0.05) is 12.8 Å². The maximum Gasteiger partial charge on any atom is 0.435 e. The third kappa shape index (κ3) is 7.54. The van der Waals surface area contributed by atoms with Crippen LogP contribution in [0.4, 0.5) is 4.79 Å². The molecule has 33 heavy (non-hydrogen) atoms. The Morgan fingerprint density at radius 2 is 1.82 bits per heavy atom. The van der Waals surface area contributed by atoms with Gasteiger partial charge in [-0.3, -0.25) is 19.2 Å². The Bertz CT molecular complexity index is 899. The van der Waals surface area contributed by atoms with Crippen LogP contribution in [0.1, 0.15) is 32.8 Å². The fourth-order valence-corrected chi connectivity index (χ4v) is 2.97. The van der Waals surface area contributed by atoms with E-state index in [9.17, 15) is 24.0 Å². The van der Waals surface area contributed by atoms with Crippen molar-refractivity contribution in [3.8, 4) is 0 Å². The zero-order valence-corrected chi connectivity index (χ0v) is 18.6. The van der Waals surface area contributed by atoms with Gasteiger partial charge in [-0.25, -0.2) is 9.59 Å². The van der Waals surface area contributed by atoms with Crippen molar-refractivity contribution in [2.75, 3.05) is 6.61 Å². The lowest BCUT2D eigenvalue weighted by atomic mass is 10.0. The summed E-state index contributed by atoms with van der Waals surface area (Å²) >= 11 is 0. The SMILES string of the molecule is CC(C)(C)OC(=O)N1OCCC1C(=O)N[C@@H](Cc1ccccc1)C(=O)N[C@@H](N)C(=O)C(=O)O. The van der Waals surface area contributed by atoms with Crippen LogP contribution < -0.4 is 16.4 Å². The number of nitrogens with two attached hydrogens (primary N) is 1. The number of ether oxygens (including phenoxy) is 1. The molecular formula is C21H28N4O8. The van der Waals surface area contributed by atoms with Crippen molar-refractivity contribution in [1.82, 2.24) is 15.7 Å². The minimum Gasteiger partial charge on any atom is -0.475 e. The predicted octanol–water partition coefficient (Wildman–Crippen LogP) is -0.290. The normalized spacial score (nSPS) is 17.6. The second kappa shape index (κ2) is 10.9. The standard InChI is InChI=1S/C21H28N4O8/c1-21(2,3)33-20(31)25-14(9-10-32-25)18(28)23-13(11-12-7-5-4-6-8-12)17(27)24-16(22)15(26)19(29)30/h4-8,13-14,16H,9-11,22H2,1-3H3,(H,23,28)(H,24,27)(H,29,30)/t13-,14?,16+/m0/s1. The number of rotatable bonds is 8. The number of aliphatic carboxylic acids is 1. The molecule has 1 aliphatic heterocycles. The Balaban J connectivity index is 2.16. The third-order valence-electron chi connectivity index (χ3n) is 4.49. The van der Waals surface area contributed by atoms with Crippen LogP contribution in [0.5, 0.6) is 0 Å². The van der Waals surface area contributed by atoms with Gasteiger partial charge in [-0.15, -0.1) is 0 Å². The molecule has 5 N–H and O–H groups in total. The number of carboxylic acid groups (broad SMARTS) is 1. The quantitative estimate of drug-likeness (QED) is 0.297. The zero-order chi connectivity index (χ0) is 24.8. The van der Waals surface area contributed by atoms with Crippen LogP contribution in [0.2, 0.25) is 0 Å². The summed E-state index contributed by atoms with van der Waals surface area (Å²) in [6.45, 7) is 5.08. The zero-order valence-electron chi connectivity index (χ0n) is 18.6. The van der Waals surface area contributed by atoms with Gasteiger partial charge in [0.05, 0.1) is 6.61 Å². The summed E-state index contributed by atoms with van der Waals surface area (Å²) < 4.78 is 5.24. The van der Waals surface area contributed by atoms with Crippen molar-refractivity contribution >= 4 is 29.7 Å². The molecule has 0 saturated carbocycles. The maximum atomic E-state index is 12.9. The number of ketones is 1. The minimum atomic E-state index is -1.80. The van der Waals surface area contributed by atoms with Crippen LogP contribution in [-0.2, 0) is 35.2 Å². The summed E-state index contributed by atoms with van der Waals surface area (Å²) in [4.78, 5) is 65.7. The van der Waals surface area contributed by atoms with Crippen LogP contribution in [0.3, 0.4) is 0 Å². The van der Waals surface area contributed by atoms with E-state index in [1.54, 1.807) is 51.1 Å². The Hall–Kier alpha value is -3.51. The summed E-state index contributed by atoms with van der Waals surface area (Å²) in [5, 5.41) is 14.2. The van der Waals surface area contributed by atoms with E-state index in [-0.39, 0.29) is 19.4 Å². The fraction of sp³-hybridized carbons (Fsp3) is 0.476. The monoisotopic (exact) mass is 464 g/mol. The average molecular weight is 464 g/mol. The van der Waals surface area contributed by atoms with E-state index in [2.05, 4.69) is 10.6 Å². The Morgan fingerprint density at radius 3 is 2.39 bits per heavy atom. The number of Topliss-reactive ketones (excluding diaryl/α,β-unsaturated/α-hetero) is 1. The first-order valence-electron chi connectivity index (χ1n) is 10.2. The molecule has 3 atom stereocenters. The first kappa shape index (κ1) is 25.7. The van der Waals surface area contributed by atoms with Gasteiger partial charge in [0.2, 0.25) is 11.8 Å². The molecule has 0 aromatic heterocycles. The molecule has 3 amide bonds. The molecule has 1 unspecified atom stereocenters. The van der Waals surface area contributed by atoms with Gasteiger partial charge < -0.3 is 26.2 Å². The second-order valence-corrected chi connectivity index (χ2v) is 8.35. The number of carbonyl (C=O) groups is 5. The molecule has 12 nitrogen and oxygen atoms in total. The summed E-state index contributed by atoms with van der Waals surface area (Å²) in [6.07, 6.45) is -2.45. The summed E-state index contributed by atoms with van der Waals surface area (Å²) in [7, 11) is 0. The van der Waals surface area contributed by atoms with Gasteiger partial charge in [-0.1, -0.05) is 30.3 Å². The van der Waals surface area contributed by atoms with Crippen molar-refractivity contribution < 1.29 is 38.7 Å². The highest BCUT2D eigenvalue weighted by Crippen LogP contribution is 2.19. The van der Waals surface area contributed by atoms with Crippen molar-refractivity contribution in [3.05, 3.63) is 35.9 Å². The highest BCUT2D eigenvalue weighted by molar-refractivity contribution is 6.35. The van der Waals surface area contributed by atoms with Gasteiger partial charge in [0.15, 0.2) is 0 Å². The lowest BCUT2D eigenvalue weighted by Gasteiger charge is -2.27. The molecule has 12 heteroatoms. The number of benzene rings is 1. The largest absolute Gasteiger partial charge is 0.475 e. The van der Waals surface area contributed by atoms with E-state index in [4.69, 9.17) is 20.4 Å². The number of nitrogens with one attached hydrogen (secondary N) is 2. The van der Waals surface area contributed by atoms with Gasteiger partial charge >= 0.3 is 12.1 Å².